The minimum absolute atomic E-state index is 0.0418. The molecule has 7 nitrogen and oxygen atoms in total. The maximum absolute atomic E-state index is 13.1. The second-order valence-electron chi connectivity index (χ2n) is 7.75. The number of nitrogens with zero attached hydrogens (tertiary/aromatic N) is 3. The highest BCUT2D eigenvalue weighted by Gasteiger charge is 2.45. The van der Waals surface area contributed by atoms with Gasteiger partial charge in [0.1, 0.15) is 11.5 Å². The van der Waals surface area contributed by atoms with Crippen LogP contribution in [-0.2, 0) is 27.4 Å². The summed E-state index contributed by atoms with van der Waals surface area (Å²) in [5.74, 6) is -0.632. The van der Waals surface area contributed by atoms with Gasteiger partial charge in [0.05, 0.1) is 13.0 Å². The van der Waals surface area contributed by atoms with Crippen LogP contribution in [0.4, 0.5) is 4.39 Å². The maximum atomic E-state index is 13.1. The first-order chi connectivity index (χ1) is 14.5. The van der Waals surface area contributed by atoms with Crippen molar-refractivity contribution in [3.63, 3.8) is 0 Å². The van der Waals surface area contributed by atoms with Crippen LogP contribution in [0.25, 0.3) is 0 Å². The van der Waals surface area contributed by atoms with E-state index >= 15 is 0 Å². The molecule has 1 aromatic heterocycles. The molecule has 8 heteroatoms. The van der Waals surface area contributed by atoms with E-state index in [1.807, 2.05) is 12.1 Å². The first-order valence-electron chi connectivity index (χ1n) is 9.97. The topological polar surface area (TPSA) is 83.9 Å². The second-order valence-corrected chi connectivity index (χ2v) is 7.75. The third kappa shape index (κ3) is 4.64. The Kier molecular flexibility index (Phi) is 5.74. The number of carbonyl (C=O) groups excluding carboxylic acids is 2. The number of hydrogen-bond acceptors (Lipinski definition) is 5. The summed E-state index contributed by atoms with van der Waals surface area (Å²) >= 11 is 0. The molecule has 4 rings (SSSR count). The lowest BCUT2D eigenvalue weighted by atomic mass is 9.87. The van der Waals surface area contributed by atoms with Crippen LogP contribution in [0.5, 0.6) is 0 Å². The second kappa shape index (κ2) is 8.61. The van der Waals surface area contributed by atoms with Crippen molar-refractivity contribution in [2.45, 2.75) is 37.8 Å². The van der Waals surface area contributed by atoms with Gasteiger partial charge in [-0.25, -0.2) is 4.39 Å². The van der Waals surface area contributed by atoms with Gasteiger partial charge in [0, 0.05) is 31.9 Å². The summed E-state index contributed by atoms with van der Waals surface area (Å²) in [6.45, 7) is 1.40. The van der Waals surface area contributed by atoms with Crippen molar-refractivity contribution in [3.05, 3.63) is 65.7 Å². The van der Waals surface area contributed by atoms with E-state index in [4.69, 9.17) is 4.84 Å². The molecule has 0 saturated carbocycles. The van der Waals surface area contributed by atoms with Gasteiger partial charge in [-0.05, 0) is 48.2 Å². The van der Waals surface area contributed by atoms with E-state index in [0.717, 1.165) is 24.0 Å². The molecule has 1 saturated heterocycles. The van der Waals surface area contributed by atoms with Gasteiger partial charge in [-0.15, -0.1) is 0 Å². The molecule has 156 valence electrons. The third-order valence-corrected chi connectivity index (χ3v) is 5.46. The number of rotatable bonds is 5. The predicted molar refractivity (Wildman–Crippen MR) is 108 cm³/mol. The van der Waals surface area contributed by atoms with E-state index in [1.54, 1.807) is 29.4 Å². The van der Waals surface area contributed by atoms with Crippen LogP contribution in [0.3, 0.4) is 0 Å². The summed E-state index contributed by atoms with van der Waals surface area (Å²) in [5.41, 5.74) is 1.40. The fourth-order valence-electron chi connectivity index (χ4n) is 3.85. The lowest BCUT2D eigenvalue weighted by Gasteiger charge is -2.38. The molecule has 2 amide bonds. The molecule has 0 radical (unpaired) electrons. The molecule has 2 aliphatic rings. The van der Waals surface area contributed by atoms with Crippen molar-refractivity contribution in [2.24, 2.45) is 5.16 Å². The number of oxime groups is 1. The Balaban J connectivity index is 1.32. The number of halogens is 1. The zero-order valence-electron chi connectivity index (χ0n) is 16.5. The van der Waals surface area contributed by atoms with Gasteiger partial charge in [-0.2, -0.15) is 0 Å². The number of aromatic nitrogens is 1. The Morgan fingerprint density at radius 2 is 1.90 bits per heavy atom. The number of hydrogen-bond donors (Lipinski definition) is 1. The van der Waals surface area contributed by atoms with Crippen molar-refractivity contribution < 1.29 is 18.8 Å². The highest BCUT2D eigenvalue weighted by molar-refractivity contribution is 6.39. The standard InChI is InChI=1S/C22H23FN4O3/c23-18-4-2-16(3-5-18)12-20(28)27-11-1-8-22(15-27)13-19(26-30-22)21(29)25-14-17-6-9-24-10-7-17/h2-7,9-10H,1,8,11-15H2,(H,25,29)/t22-/m0/s1. The minimum atomic E-state index is -0.653. The van der Waals surface area contributed by atoms with Crippen molar-refractivity contribution in [1.82, 2.24) is 15.2 Å². The Hall–Kier alpha value is -3.29. The lowest BCUT2D eigenvalue weighted by molar-refractivity contribution is -0.139. The van der Waals surface area contributed by atoms with E-state index in [-0.39, 0.29) is 24.1 Å². The molecular formula is C22H23FN4O3. The number of piperidine rings is 1. The van der Waals surface area contributed by atoms with E-state index < -0.39 is 5.60 Å². The number of benzene rings is 1. The minimum Gasteiger partial charge on any atom is -0.386 e. The van der Waals surface area contributed by atoms with Crippen LogP contribution in [0.1, 0.15) is 30.4 Å². The van der Waals surface area contributed by atoms with E-state index in [2.05, 4.69) is 15.5 Å². The lowest BCUT2D eigenvalue weighted by Crippen LogP contribution is -2.51. The van der Waals surface area contributed by atoms with Crippen LogP contribution in [-0.4, -0.2) is 46.1 Å². The molecule has 2 aromatic rings. The first-order valence-corrected chi connectivity index (χ1v) is 9.97. The number of likely N-dealkylation sites (tertiary alicyclic amines) is 1. The van der Waals surface area contributed by atoms with E-state index in [9.17, 15) is 14.0 Å². The summed E-state index contributed by atoms with van der Waals surface area (Å²) in [6, 6.07) is 9.61. The zero-order chi connectivity index (χ0) is 21.0. The Morgan fingerprint density at radius 3 is 2.67 bits per heavy atom. The number of carbonyl (C=O) groups is 2. The van der Waals surface area contributed by atoms with Crippen molar-refractivity contribution in [3.8, 4) is 0 Å². The summed E-state index contributed by atoms with van der Waals surface area (Å²) in [4.78, 5) is 36.6. The average molecular weight is 410 g/mol. The molecule has 0 aliphatic carbocycles. The summed E-state index contributed by atoms with van der Waals surface area (Å²) in [6.07, 6.45) is 5.43. The highest BCUT2D eigenvalue weighted by atomic mass is 19.1. The Labute approximate surface area is 173 Å². The van der Waals surface area contributed by atoms with Crippen molar-refractivity contribution in [1.29, 1.82) is 0 Å². The highest BCUT2D eigenvalue weighted by Crippen LogP contribution is 2.33. The monoisotopic (exact) mass is 410 g/mol. The molecule has 1 N–H and O–H groups in total. The number of nitrogens with one attached hydrogen (secondary N) is 1. The van der Waals surface area contributed by atoms with Crippen molar-refractivity contribution >= 4 is 17.5 Å². The fourth-order valence-corrected chi connectivity index (χ4v) is 3.85. The summed E-state index contributed by atoms with van der Waals surface area (Å²) in [5, 5.41) is 6.87. The Morgan fingerprint density at radius 1 is 1.13 bits per heavy atom. The van der Waals surface area contributed by atoms with E-state index in [0.29, 0.717) is 31.8 Å². The van der Waals surface area contributed by atoms with Crippen LogP contribution in [0, 0.1) is 5.82 Å². The van der Waals surface area contributed by atoms with Gasteiger partial charge < -0.3 is 15.1 Å². The van der Waals surface area contributed by atoms with Crippen LogP contribution in [0.15, 0.2) is 53.9 Å². The van der Waals surface area contributed by atoms with E-state index in [1.165, 1.54) is 12.1 Å². The van der Waals surface area contributed by atoms with Crippen molar-refractivity contribution in [2.75, 3.05) is 13.1 Å². The molecular weight excluding hydrogens is 387 g/mol. The zero-order valence-corrected chi connectivity index (χ0v) is 16.5. The summed E-state index contributed by atoms with van der Waals surface area (Å²) < 4.78 is 13.1. The van der Waals surface area contributed by atoms with Crippen LogP contribution in [0.2, 0.25) is 0 Å². The quantitative estimate of drug-likeness (QED) is 0.819. The van der Waals surface area contributed by atoms with Gasteiger partial charge in [-0.1, -0.05) is 17.3 Å². The third-order valence-electron chi connectivity index (χ3n) is 5.46. The average Bonchev–Trinajstić information content (AvgIpc) is 3.17. The van der Waals surface area contributed by atoms with Gasteiger partial charge in [0.15, 0.2) is 5.60 Å². The van der Waals surface area contributed by atoms with Crippen LogP contribution >= 0.6 is 0 Å². The molecule has 1 spiro atoms. The smallest absolute Gasteiger partial charge is 0.269 e. The SMILES string of the molecule is O=C(NCc1ccncc1)C1=NO[C@@]2(CCCN(C(=O)Cc3ccc(F)cc3)C2)C1. The Bertz CT molecular complexity index is 949. The molecule has 0 unspecified atom stereocenters. The molecule has 2 aliphatic heterocycles. The normalized spacial score (nSPS) is 20.6. The molecule has 3 heterocycles. The van der Waals surface area contributed by atoms with Gasteiger partial charge >= 0.3 is 0 Å². The van der Waals surface area contributed by atoms with Crippen LogP contribution < -0.4 is 5.32 Å². The molecule has 1 aromatic carbocycles. The molecule has 1 fully saturated rings. The molecule has 30 heavy (non-hydrogen) atoms. The number of pyridine rings is 1. The molecule has 0 bridgehead atoms. The largest absolute Gasteiger partial charge is 0.386 e. The fraction of sp³-hybridized carbons (Fsp3) is 0.364. The number of amides is 2. The molecule has 1 atom stereocenters. The van der Waals surface area contributed by atoms with Gasteiger partial charge in [0.2, 0.25) is 5.91 Å². The summed E-state index contributed by atoms with van der Waals surface area (Å²) in [7, 11) is 0. The predicted octanol–water partition coefficient (Wildman–Crippen LogP) is 2.22. The van der Waals surface area contributed by atoms with Gasteiger partial charge in [0.25, 0.3) is 5.91 Å². The maximum Gasteiger partial charge on any atom is 0.269 e. The van der Waals surface area contributed by atoms with Gasteiger partial charge in [-0.3, -0.25) is 14.6 Å². The first kappa shape index (κ1) is 20.0.